The van der Waals surface area contributed by atoms with Crippen LogP contribution in [0.3, 0.4) is 0 Å². The van der Waals surface area contributed by atoms with Crippen molar-refractivity contribution in [3.05, 3.63) is 71.7 Å². The third-order valence-corrected chi connectivity index (χ3v) is 5.74. The van der Waals surface area contributed by atoms with Crippen molar-refractivity contribution in [2.45, 2.75) is 37.7 Å². The highest BCUT2D eigenvalue weighted by atomic mass is 35.5. The van der Waals surface area contributed by atoms with Crippen molar-refractivity contribution >= 4 is 45.9 Å². The summed E-state index contributed by atoms with van der Waals surface area (Å²) in [5.41, 5.74) is 2.93. The number of hydrogen-bond acceptors (Lipinski definition) is 2. The molecule has 1 heterocycles. The third-order valence-electron chi connectivity index (χ3n) is 5.36. The van der Waals surface area contributed by atoms with Gasteiger partial charge in [-0.1, -0.05) is 53.5 Å². The number of rotatable bonds is 9. The molecule has 0 aliphatic heterocycles. The zero-order chi connectivity index (χ0) is 23.3. The summed E-state index contributed by atoms with van der Waals surface area (Å²) >= 11 is 11.5. The number of benzene rings is 2. The van der Waals surface area contributed by atoms with Gasteiger partial charge in [-0.2, -0.15) is 0 Å². The van der Waals surface area contributed by atoms with Crippen LogP contribution in [0.4, 0.5) is 4.39 Å². The number of halogens is 3. The molecule has 0 radical (unpaired) electrons. The molecule has 2 aromatic carbocycles. The van der Waals surface area contributed by atoms with Gasteiger partial charge in [-0.25, -0.2) is 4.39 Å². The molecule has 8 heteroatoms. The van der Waals surface area contributed by atoms with Crippen LogP contribution in [0.1, 0.15) is 25.0 Å². The summed E-state index contributed by atoms with van der Waals surface area (Å²) in [5.74, 6) is -1.07. The zero-order valence-electron chi connectivity index (χ0n) is 18.0. The van der Waals surface area contributed by atoms with E-state index < -0.39 is 10.7 Å². The van der Waals surface area contributed by atoms with Crippen LogP contribution in [0.15, 0.2) is 54.7 Å². The van der Waals surface area contributed by atoms with Crippen LogP contribution < -0.4 is 0 Å². The fraction of sp³-hybridized carbons (Fsp3) is 0.333. The van der Waals surface area contributed by atoms with Crippen molar-refractivity contribution in [2.75, 3.05) is 13.1 Å². The van der Waals surface area contributed by atoms with Crippen LogP contribution in [0.2, 0.25) is 0 Å². The fourth-order valence-corrected chi connectivity index (χ4v) is 3.83. The van der Waals surface area contributed by atoms with E-state index in [-0.39, 0.29) is 24.3 Å². The lowest BCUT2D eigenvalue weighted by Gasteiger charge is -2.30. The van der Waals surface area contributed by atoms with Crippen LogP contribution in [-0.4, -0.2) is 50.6 Å². The molecule has 0 saturated carbocycles. The Kier molecular flexibility index (Phi) is 8.15. The predicted octanol–water partition coefficient (Wildman–Crippen LogP) is 4.92. The number of fused-ring (bicyclic) bond motifs is 1. The molecule has 0 fully saturated rings. The minimum absolute atomic E-state index is 0.137. The summed E-state index contributed by atoms with van der Waals surface area (Å²) in [7, 11) is 0. The normalized spacial score (nSPS) is 11.3. The Morgan fingerprint density at radius 2 is 1.75 bits per heavy atom. The minimum Gasteiger partial charge on any atom is -0.361 e. The summed E-state index contributed by atoms with van der Waals surface area (Å²) in [6.45, 7) is 4.20. The number of para-hydroxylation sites is 1. The van der Waals surface area contributed by atoms with Crippen LogP contribution in [0.25, 0.3) is 10.9 Å². The molecule has 0 spiro atoms. The van der Waals surface area contributed by atoms with E-state index >= 15 is 0 Å². The molecule has 32 heavy (non-hydrogen) atoms. The number of nitrogens with zero attached hydrogens (tertiary/aromatic N) is 2. The lowest BCUT2D eigenvalue weighted by molar-refractivity contribution is -0.141. The maximum Gasteiger partial charge on any atom is 0.256 e. The van der Waals surface area contributed by atoms with E-state index in [9.17, 15) is 14.0 Å². The average molecular weight is 478 g/mol. The van der Waals surface area contributed by atoms with Gasteiger partial charge in [-0.3, -0.25) is 9.59 Å². The van der Waals surface area contributed by atoms with Crippen molar-refractivity contribution in [2.24, 2.45) is 0 Å². The first-order valence-corrected chi connectivity index (χ1v) is 11.3. The van der Waals surface area contributed by atoms with Crippen molar-refractivity contribution in [1.29, 1.82) is 0 Å². The Morgan fingerprint density at radius 1 is 1.06 bits per heavy atom. The summed E-state index contributed by atoms with van der Waals surface area (Å²) in [6.07, 6.45) is 2.57. The van der Waals surface area contributed by atoms with E-state index in [4.69, 9.17) is 23.2 Å². The number of nitrogens with one attached hydrogen (secondary N) is 1. The minimum atomic E-state index is -1.23. The maximum atomic E-state index is 13.3. The smallest absolute Gasteiger partial charge is 0.256 e. The second-order valence-electron chi connectivity index (χ2n) is 7.91. The predicted molar refractivity (Wildman–Crippen MR) is 126 cm³/mol. The first-order chi connectivity index (χ1) is 15.3. The van der Waals surface area contributed by atoms with Crippen LogP contribution >= 0.6 is 23.2 Å². The Labute approximate surface area is 197 Å². The molecule has 3 aromatic rings. The van der Waals surface area contributed by atoms with E-state index in [1.54, 1.807) is 30.9 Å². The summed E-state index contributed by atoms with van der Waals surface area (Å²) in [5, 5.41) is 1.10. The van der Waals surface area contributed by atoms with Gasteiger partial charge in [0.2, 0.25) is 5.91 Å². The Bertz CT molecular complexity index is 1070. The lowest BCUT2D eigenvalue weighted by atomic mass is 10.1. The average Bonchev–Trinajstić information content (AvgIpc) is 3.18. The molecule has 0 atom stereocenters. The van der Waals surface area contributed by atoms with E-state index in [2.05, 4.69) is 4.98 Å². The quantitative estimate of drug-likeness (QED) is 0.444. The monoisotopic (exact) mass is 477 g/mol. The van der Waals surface area contributed by atoms with Crippen molar-refractivity contribution < 1.29 is 14.0 Å². The standard InChI is InChI=1S/C24H26Cl2FN3O2/c1-16(2)30(24(32)23(25)26)15-22(31)29(14-17-7-9-19(27)10-8-17)12-11-18-13-28-21-6-4-3-5-20(18)21/h3-10,13,16,23,28H,11-12,14-15H2,1-2H3. The highest BCUT2D eigenvalue weighted by Gasteiger charge is 2.27. The maximum absolute atomic E-state index is 13.3. The SMILES string of the molecule is CC(C)N(CC(=O)N(CCc1c[nH]c2ccccc12)Cc1ccc(F)cc1)C(=O)C(Cl)Cl. The van der Waals surface area contributed by atoms with Gasteiger partial charge in [-0.15, -0.1) is 0 Å². The number of hydrogen-bond donors (Lipinski definition) is 1. The number of amides is 2. The molecule has 1 aromatic heterocycles. The lowest BCUT2D eigenvalue weighted by Crippen LogP contribution is -2.47. The number of H-pyrrole nitrogens is 1. The second kappa shape index (κ2) is 10.8. The van der Waals surface area contributed by atoms with Gasteiger partial charge in [0.1, 0.15) is 12.4 Å². The topological polar surface area (TPSA) is 56.4 Å². The number of aromatic nitrogens is 1. The Hall–Kier alpha value is -2.57. The van der Waals surface area contributed by atoms with E-state index in [0.29, 0.717) is 19.5 Å². The number of carbonyl (C=O) groups is 2. The fourth-order valence-electron chi connectivity index (χ4n) is 3.58. The van der Waals surface area contributed by atoms with Gasteiger partial charge < -0.3 is 14.8 Å². The van der Waals surface area contributed by atoms with Crippen LogP contribution in [0.5, 0.6) is 0 Å². The highest BCUT2D eigenvalue weighted by Crippen LogP contribution is 2.19. The first kappa shape index (κ1) is 24.1. The van der Waals surface area contributed by atoms with Gasteiger partial charge >= 0.3 is 0 Å². The summed E-state index contributed by atoms with van der Waals surface area (Å²) in [6, 6.07) is 13.8. The summed E-state index contributed by atoms with van der Waals surface area (Å²) < 4.78 is 13.3. The zero-order valence-corrected chi connectivity index (χ0v) is 19.5. The molecule has 5 nitrogen and oxygen atoms in total. The molecular weight excluding hydrogens is 452 g/mol. The van der Waals surface area contributed by atoms with Gasteiger partial charge in [0, 0.05) is 36.2 Å². The van der Waals surface area contributed by atoms with Gasteiger partial charge in [0.15, 0.2) is 4.84 Å². The molecule has 170 valence electrons. The van der Waals surface area contributed by atoms with Crippen molar-refractivity contribution in [3.63, 3.8) is 0 Å². The second-order valence-corrected chi connectivity index (χ2v) is 9.01. The molecule has 0 bridgehead atoms. The molecule has 0 unspecified atom stereocenters. The molecule has 1 N–H and O–H groups in total. The number of alkyl halides is 2. The highest BCUT2D eigenvalue weighted by molar-refractivity contribution is 6.53. The Morgan fingerprint density at radius 3 is 2.41 bits per heavy atom. The molecule has 3 rings (SSSR count). The number of carbonyl (C=O) groups excluding carboxylic acids is 2. The molecule has 0 aliphatic carbocycles. The van der Waals surface area contributed by atoms with Crippen molar-refractivity contribution in [1.82, 2.24) is 14.8 Å². The third kappa shape index (κ3) is 6.02. The molecular formula is C24H26Cl2FN3O2. The molecule has 0 saturated heterocycles. The first-order valence-electron chi connectivity index (χ1n) is 10.4. The van der Waals surface area contributed by atoms with Gasteiger partial charge in [0.25, 0.3) is 5.91 Å². The molecule has 2 amide bonds. The van der Waals surface area contributed by atoms with E-state index in [0.717, 1.165) is 22.0 Å². The van der Waals surface area contributed by atoms with Crippen LogP contribution in [-0.2, 0) is 22.6 Å². The Balaban J connectivity index is 1.79. The van der Waals surface area contributed by atoms with E-state index in [1.165, 1.54) is 17.0 Å². The molecule has 0 aliphatic rings. The van der Waals surface area contributed by atoms with E-state index in [1.807, 2.05) is 30.5 Å². The van der Waals surface area contributed by atoms with Gasteiger partial charge in [0.05, 0.1) is 0 Å². The van der Waals surface area contributed by atoms with Gasteiger partial charge in [-0.05, 0) is 49.6 Å². The van der Waals surface area contributed by atoms with Crippen molar-refractivity contribution in [3.8, 4) is 0 Å². The largest absolute Gasteiger partial charge is 0.361 e. The summed E-state index contributed by atoms with van der Waals surface area (Å²) in [4.78, 5) is 30.7. The number of aromatic amines is 1. The van der Waals surface area contributed by atoms with Crippen LogP contribution in [0, 0.1) is 5.82 Å².